The second-order valence-electron chi connectivity index (χ2n) is 7.21. The molecule has 2 aliphatic rings. The van der Waals surface area contributed by atoms with E-state index >= 15 is 0 Å². The summed E-state index contributed by atoms with van der Waals surface area (Å²) in [7, 11) is 0. The van der Waals surface area contributed by atoms with Gasteiger partial charge in [0.25, 0.3) is 0 Å². The number of carbonyl (C=O) groups excluding carboxylic acids is 1. The molecule has 26 heavy (non-hydrogen) atoms. The van der Waals surface area contributed by atoms with Crippen molar-refractivity contribution in [1.29, 1.82) is 0 Å². The molecule has 1 spiro atoms. The third-order valence-corrected chi connectivity index (χ3v) is 5.40. The van der Waals surface area contributed by atoms with Crippen molar-refractivity contribution >= 4 is 6.03 Å². The summed E-state index contributed by atoms with van der Waals surface area (Å²) >= 11 is 0. The predicted molar refractivity (Wildman–Crippen MR) is 97.6 cm³/mol. The summed E-state index contributed by atoms with van der Waals surface area (Å²) in [5, 5.41) is 5.99. The molecule has 2 aromatic carbocycles. The molecule has 1 heterocycles. The number of nitrogens with one attached hydrogen (secondary N) is 2. The molecule has 0 bridgehead atoms. The van der Waals surface area contributed by atoms with E-state index in [0.29, 0.717) is 12.1 Å². The largest absolute Gasteiger partial charge is 0.487 e. The van der Waals surface area contributed by atoms with Crippen LogP contribution < -0.4 is 15.4 Å². The molecule has 1 aliphatic heterocycles. The first kappa shape index (κ1) is 16.9. The average molecular weight is 354 g/mol. The molecular weight excluding hydrogens is 331 g/mol. The average Bonchev–Trinajstić information content (AvgIpc) is 2.65. The van der Waals surface area contributed by atoms with Gasteiger partial charge < -0.3 is 15.4 Å². The van der Waals surface area contributed by atoms with Crippen molar-refractivity contribution in [1.82, 2.24) is 10.6 Å². The summed E-state index contributed by atoms with van der Waals surface area (Å²) in [5.41, 5.74) is 2.50. The van der Waals surface area contributed by atoms with Crippen molar-refractivity contribution in [3.05, 3.63) is 65.2 Å². The van der Waals surface area contributed by atoms with Gasteiger partial charge in [-0.25, -0.2) is 9.18 Å². The number of urea groups is 1. The maximum atomic E-state index is 12.6. The Morgan fingerprint density at radius 3 is 2.54 bits per heavy atom. The first-order chi connectivity index (χ1) is 12.7. The number of carbonyl (C=O) groups is 1. The highest BCUT2D eigenvalue weighted by Crippen LogP contribution is 2.48. The lowest BCUT2D eigenvalue weighted by molar-refractivity contribution is -0.0355. The summed E-state index contributed by atoms with van der Waals surface area (Å²) in [6.45, 7) is -0.0620. The van der Waals surface area contributed by atoms with Gasteiger partial charge in [0, 0.05) is 18.5 Å². The lowest BCUT2D eigenvalue weighted by Gasteiger charge is -2.48. The fourth-order valence-corrected chi connectivity index (χ4v) is 3.76. The van der Waals surface area contributed by atoms with E-state index in [1.165, 1.54) is 6.42 Å². The van der Waals surface area contributed by atoms with Gasteiger partial charge in [-0.2, -0.15) is 0 Å². The molecule has 1 saturated carbocycles. The van der Waals surface area contributed by atoms with Crippen molar-refractivity contribution in [2.45, 2.75) is 50.5 Å². The maximum absolute atomic E-state index is 12.6. The van der Waals surface area contributed by atoms with Crippen LogP contribution >= 0.6 is 0 Å². The standard InChI is InChI=1S/C21H23FN2O2/c22-13-15-6-8-16(9-7-15)14-23-20(25)24-18-12-21(10-3-11-21)26-19-5-2-1-4-17(18)19/h1-2,4-9,18H,3,10-14H2,(H2,23,24,25)/t18-/m0/s1. The van der Waals surface area contributed by atoms with E-state index in [9.17, 15) is 9.18 Å². The molecule has 4 rings (SSSR count). The number of benzene rings is 2. The van der Waals surface area contributed by atoms with Gasteiger partial charge in [-0.1, -0.05) is 42.5 Å². The van der Waals surface area contributed by atoms with E-state index in [1.807, 2.05) is 36.4 Å². The third-order valence-electron chi connectivity index (χ3n) is 5.40. The molecule has 136 valence electrons. The summed E-state index contributed by atoms with van der Waals surface area (Å²) < 4.78 is 18.8. The zero-order chi connectivity index (χ0) is 18.0. The van der Waals surface area contributed by atoms with Crippen molar-refractivity contribution in [3.63, 3.8) is 0 Å². The zero-order valence-electron chi connectivity index (χ0n) is 14.6. The van der Waals surface area contributed by atoms with Crippen LogP contribution in [0.15, 0.2) is 48.5 Å². The fraction of sp³-hybridized carbons (Fsp3) is 0.381. The van der Waals surface area contributed by atoms with Gasteiger partial charge in [-0.05, 0) is 36.5 Å². The highest BCUT2D eigenvalue weighted by molar-refractivity contribution is 5.74. The lowest BCUT2D eigenvalue weighted by atomic mass is 9.73. The SMILES string of the molecule is O=C(NCc1ccc(CF)cc1)N[C@H]1CC2(CCC2)Oc2ccccc21. The number of ether oxygens (including phenoxy) is 1. The van der Waals surface area contributed by atoms with Gasteiger partial charge in [0.05, 0.1) is 6.04 Å². The number of halogens is 1. The molecule has 0 unspecified atom stereocenters. The lowest BCUT2D eigenvalue weighted by Crippen LogP contribution is -2.50. The van der Waals surface area contributed by atoms with Crippen molar-refractivity contribution < 1.29 is 13.9 Å². The number of amides is 2. The Bertz CT molecular complexity index is 787. The summed E-state index contributed by atoms with van der Waals surface area (Å²) in [5.74, 6) is 0.880. The van der Waals surface area contributed by atoms with Gasteiger partial charge >= 0.3 is 6.03 Å². The molecule has 1 fully saturated rings. The van der Waals surface area contributed by atoms with Crippen LogP contribution in [0.25, 0.3) is 0 Å². The van der Waals surface area contributed by atoms with Gasteiger partial charge in [0.1, 0.15) is 18.0 Å². The molecule has 2 aromatic rings. The Morgan fingerprint density at radius 2 is 1.85 bits per heavy atom. The second kappa shape index (κ2) is 6.98. The number of alkyl halides is 1. The Hall–Kier alpha value is -2.56. The van der Waals surface area contributed by atoms with Crippen LogP contribution in [-0.4, -0.2) is 11.6 Å². The fourth-order valence-electron chi connectivity index (χ4n) is 3.76. The van der Waals surface area contributed by atoms with Gasteiger partial charge in [0.15, 0.2) is 0 Å². The normalized spacial score (nSPS) is 19.8. The van der Waals surface area contributed by atoms with E-state index in [2.05, 4.69) is 10.6 Å². The Morgan fingerprint density at radius 1 is 1.12 bits per heavy atom. The first-order valence-electron chi connectivity index (χ1n) is 9.14. The van der Waals surface area contributed by atoms with Gasteiger partial charge in [-0.3, -0.25) is 0 Å². The van der Waals surface area contributed by atoms with Gasteiger partial charge in [-0.15, -0.1) is 0 Å². The molecule has 0 saturated heterocycles. The van der Waals surface area contributed by atoms with E-state index in [-0.39, 0.29) is 17.7 Å². The molecular formula is C21H23FN2O2. The highest BCUT2D eigenvalue weighted by atomic mass is 19.1. The Kier molecular flexibility index (Phi) is 4.53. The number of para-hydroxylation sites is 1. The minimum atomic E-state index is -0.473. The zero-order valence-corrected chi connectivity index (χ0v) is 14.6. The smallest absolute Gasteiger partial charge is 0.315 e. The maximum Gasteiger partial charge on any atom is 0.315 e. The molecule has 1 atom stereocenters. The highest BCUT2D eigenvalue weighted by Gasteiger charge is 2.45. The van der Waals surface area contributed by atoms with Gasteiger partial charge in [0.2, 0.25) is 0 Å². The van der Waals surface area contributed by atoms with Crippen LogP contribution in [-0.2, 0) is 13.2 Å². The molecule has 2 N–H and O–H groups in total. The first-order valence-corrected chi connectivity index (χ1v) is 9.14. The van der Waals surface area contributed by atoms with Crippen LogP contribution in [0.2, 0.25) is 0 Å². The molecule has 0 aromatic heterocycles. The summed E-state index contributed by atoms with van der Waals surface area (Å²) in [4.78, 5) is 12.4. The van der Waals surface area contributed by atoms with Crippen LogP contribution in [0.5, 0.6) is 5.75 Å². The van der Waals surface area contributed by atoms with E-state index < -0.39 is 6.67 Å². The minimum absolute atomic E-state index is 0.0471. The number of hydrogen-bond donors (Lipinski definition) is 2. The van der Waals surface area contributed by atoms with Crippen LogP contribution in [0.4, 0.5) is 9.18 Å². The third kappa shape index (κ3) is 3.39. The van der Waals surface area contributed by atoms with Crippen LogP contribution in [0.1, 0.15) is 48.4 Å². The Labute approximate surface area is 152 Å². The van der Waals surface area contributed by atoms with Crippen molar-refractivity contribution in [3.8, 4) is 5.75 Å². The van der Waals surface area contributed by atoms with Crippen molar-refractivity contribution in [2.75, 3.05) is 0 Å². The molecule has 5 heteroatoms. The quantitative estimate of drug-likeness (QED) is 0.855. The molecule has 0 radical (unpaired) electrons. The van der Waals surface area contributed by atoms with Crippen LogP contribution in [0, 0.1) is 0 Å². The van der Waals surface area contributed by atoms with Crippen LogP contribution in [0.3, 0.4) is 0 Å². The number of rotatable bonds is 4. The predicted octanol–water partition coefficient (Wildman–Crippen LogP) is 4.40. The monoisotopic (exact) mass is 354 g/mol. The minimum Gasteiger partial charge on any atom is -0.487 e. The summed E-state index contributed by atoms with van der Waals surface area (Å²) in [6, 6.07) is 14.8. The van der Waals surface area contributed by atoms with E-state index in [1.54, 1.807) is 12.1 Å². The molecule has 4 nitrogen and oxygen atoms in total. The molecule has 1 aliphatic carbocycles. The second-order valence-corrected chi connectivity index (χ2v) is 7.21. The number of hydrogen-bond acceptors (Lipinski definition) is 2. The van der Waals surface area contributed by atoms with E-state index in [4.69, 9.17) is 4.74 Å². The number of fused-ring (bicyclic) bond motifs is 1. The van der Waals surface area contributed by atoms with E-state index in [0.717, 1.165) is 36.1 Å². The Balaban J connectivity index is 1.40. The summed E-state index contributed by atoms with van der Waals surface area (Å²) in [6.07, 6.45) is 4.07. The van der Waals surface area contributed by atoms with Crippen molar-refractivity contribution in [2.24, 2.45) is 0 Å². The topological polar surface area (TPSA) is 50.4 Å². The molecule has 2 amide bonds.